The monoisotopic (exact) mass is 488 g/mol. The topological polar surface area (TPSA) is 32.8 Å². The van der Waals surface area contributed by atoms with Gasteiger partial charge < -0.3 is 9.64 Å². The van der Waals surface area contributed by atoms with Crippen LogP contribution in [0.3, 0.4) is 0 Å². The molecule has 3 aromatic carbocycles. The van der Waals surface area contributed by atoms with E-state index < -0.39 is 5.41 Å². The molecule has 1 fully saturated rings. The number of nitrogens with zero attached hydrogens (tertiary/aromatic N) is 2. The molecule has 0 aliphatic carbocycles. The number of halogens is 1. The Labute approximate surface area is 214 Å². The van der Waals surface area contributed by atoms with Gasteiger partial charge in [0.1, 0.15) is 5.82 Å². The number of ether oxygens (including phenoxy) is 1. The van der Waals surface area contributed by atoms with Crippen molar-refractivity contribution in [2.45, 2.75) is 38.5 Å². The Morgan fingerprint density at radius 3 is 2.31 bits per heavy atom. The lowest BCUT2D eigenvalue weighted by atomic mass is 9.78. The number of hydrogen-bond donors (Lipinski definition) is 0. The zero-order valence-corrected chi connectivity index (χ0v) is 21.5. The molecule has 4 nitrogen and oxygen atoms in total. The lowest BCUT2D eigenvalue weighted by Gasteiger charge is -2.37. The summed E-state index contributed by atoms with van der Waals surface area (Å²) in [7, 11) is 0. The van der Waals surface area contributed by atoms with E-state index in [4.69, 9.17) is 4.74 Å². The molecule has 0 spiro atoms. The molecule has 0 amide bonds. The molecule has 1 aliphatic heterocycles. The molecule has 1 atom stereocenters. The van der Waals surface area contributed by atoms with E-state index >= 15 is 0 Å². The largest absolute Gasteiger partial charge is 0.465 e. The van der Waals surface area contributed by atoms with E-state index in [0.29, 0.717) is 6.61 Å². The quantitative estimate of drug-likeness (QED) is 0.313. The van der Waals surface area contributed by atoms with Crippen molar-refractivity contribution in [3.8, 4) is 11.1 Å². The van der Waals surface area contributed by atoms with Crippen LogP contribution in [0, 0.1) is 5.82 Å². The Kier molecular flexibility index (Phi) is 8.76. The first-order chi connectivity index (χ1) is 17.5. The van der Waals surface area contributed by atoms with Gasteiger partial charge in [-0.1, -0.05) is 61.5 Å². The normalized spacial score (nSPS) is 15.9. The Bertz CT molecular complexity index is 1130. The summed E-state index contributed by atoms with van der Waals surface area (Å²) in [5.41, 5.74) is 3.50. The average molecular weight is 489 g/mol. The summed E-state index contributed by atoms with van der Waals surface area (Å²) >= 11 is 0. The standard InChI is InChI=1S/C31H37FN2O2/c1-3-22-36-30(35)31(2,27-12-5-4-6-13-27)16-9-17-33-18-20-34(21-19-33)29-15-8-11-26(24-29)25-10-7-14-28(32)23-25/h4-8,10-15,23-24H,3,9,16-22H2,1-2H3. The van der Waals surface area contributed by atoms with Crippen molar-refractivity contribution >= 4 is 11.7 Å². The van der Waals surface area contributed by atoms with Gasteiger partial charge in [0, 0.05) is 31.9 Å². The molecule has 1 heterocycles. The van der Waals surface area contributed by atoms with Crippen LogP contribution in [0.25, 0.3) is 11.1 Å². The highest BCUT2D eigenvalue weighted by Crippen LogP contribution is 2.31. The Morgan fingerprint density at radius 1 is 0.917 bits per heavy atom. The average Bonchev–Trinajstić information content (AvgIpc) is 2.92. The molecule has 0 bridgehead atoms. The summed E-state index contributed by atoms with van der Waals surface area (Å²) in [6.45, 7) is 9.31. The summed E-state index contributed by atoms with van der Waals surface area (Å²) in [6.07, 6.45) is 2.52. The second-order valence-corrected chi connectivity index (χ2v) is 9.83. The van der Waals surface area contributed by atoms with Crippen molar-refractivity contribution in [3.63, 3.8) is 0 Å². The third-order valence-electron chi connectivity index (χ3n) is 7.19. The first-order valence-electron chi connectivity index (χ1n) is 13.1. The minimum atomic E-state index is -0.629. The Morgan fingerprint density at radius 2 is 1.61 bits per heavy atom. The maximum Gasteiger partial charge on any atom is 0.316 e. The SMILES string of the molecule is CCCOC(=O)C(C)(CCCN1CCN(c2cccc(-c3cccc(F)c3)c2)CC1)c1ccccc1. The predicted octanol–water partition coefficient (Wildman–Crippen LogP) is 6.31. The molecule has 5 heteroatoms. The van der Waals surface area contributed by atoms with Crippen LogP contribution in [0.1, 0.15) is 38.7 Å². The van der Waals surface area contributed by atoms with Crippen LogP contribution in [0.2, 0.25) is 0 Å². The number of carbonyl (C=O) groups excluding carboxylic acids is 1. The van der Waals surface area contributed by atoms with Crippen molar-refractivity contribution in [2.75, 3.05) is 44.2 Å². The lowest BCUT2D eigenvalue weighted by molar-refractivity contribution is -0.150. The van der Waals surface area contributed by atoms with E-state index in [0.717, 1.165) is 68.7 Å². The van der Waals surface area contributed by atoms with E-state index in [9.17, 15) is 9.18 Å². The van der Waals surface area contributed by atoms with Crippen LogP contribution in [-0.2, 0) is 14.9 Å². The fourth-order valence-corrected chi connectivity index (χ4v) is 4.96. The van der Waals surface area contributed by atoms with Crippen LogP contribution >= 0.6 is 0 Å². The van der Waals surface area contributed by atoms with E-state index in [2.05, 4.69) is 21.9 Å². The van der Waals surface area contributed by atoms with Gasteiger partial charge in [0.2, 0.25) is 0 Å². The number of benzene rings is 3. The second kappa shape index (κ2) is 12.2. The van der Waals surface area contributed by atoms with Crippen LogP contribution in [0.4, 0.5) is 10.1 Å². The second-order valence-electron chi connectivity index (χ2n) is 9.83. The van der Waals surface area contributed by atoms with E-state index in [1.807, 2.05) is 62.4 Å². The van der Waals surface area contributed by atoms with Crippen molar-refractivity contribution in [1.29, 1.82) is 0 Å². The number of piperazine rings is 1. The van der Waals surface area contributed by atoms with Gasteiger partial charge in [-0.05, 0) is 73.7 Å². The van der Waals surface area contributed by atoms with Gasteiger partial charge >= 0.3 is 5.97 Å². The highest BCUT2D eigenvalue weighted by molar-refractivity contribution is 5.82. The van der Waals surface area contributed by atoms with Gasteiger partial charge in [0.25, 0.3) is 0 Å². The van der Waals surface area contributed by atoms with E-state index in [1.54, 1.807) is 12.1 Å². The fourth-order valence-electron chi connectivity index (χ4n) is 4.96. The maximum atomic E-state index is 13.7. The molecule has 1 unspecified atom stereocenters. The molecule has 36 heavy (non-hydrogen) atoms. The summed E-state index contributed by atoms with van der Waals surface area (Å²) in [5, 5.41) is 0. The summed E-state index contributed by atoms with van der Waals surface area (Å²) in [5.74, 6) is -0.341. The Hall–Kier alpha value is -3.18. The van der Waals surface area contributed by atoms with Gasteiger partial charge in [-0.15, -0.1) is 0 Å². The first kappa shape index (κ1) is 25.9. The molecule has 0 N–H and O–H groups in total. The maximum absolute atomic E-state index is 13.7. The highest BCUT2D eigenvalue weighted by Gasteiger charge is 2.36. The number of hydrogen-bond acceptors (Lipinski definition) is 4. The van der Waals surface area contributed by atoms with Gasteiger partial charge in [0.15, 0.2) is 0 Å². The predicted molar refractivity (Wildman–Crippen MR) is 145 cm³/mol. The van der Waals surface area contributed by atoms with Gasteiger partial charge in [0.05, 0.1) is 12.0 Å². The molecule has 1 aliphatic rings. The minimum absolute atomic E-state index is 0.126. The molecule has 1 saturated heterocycles. The summed E-state index contributed by atoms with van der Waals surface area (Å²) < 4.78 is 19.3. The minimum Gasteiger partial charge on any atom is -0.465 e. The third kappa shape index (κ3) is 6.33. The van der Waals surface area contributed by atoms with Crippen molar-refractivity contribution < 1.29 is 13.9 Å². The number of rotatable bonds is 10. The number of carbonyl (C=O) groups is 1. The van der Waals surface area contributed by atoms with Crippen LogP contribution in [0.15, 0.2) is 78.9 Å². The smallest absolute Gasteiger partial charge is 0.316 e. The first-order valence-corrected chi connectivity index (χ1v) is 13.1. The molecule has 190 valence electrons. The van der Waals surface area contributed by atoms with Crippen LogP contribution in [0.5, 0.6) is 0 Å². The van der Waals surface area contributed by atoms with Crippen LogP contribution < -0.4 is 4.90 Å². The molecule has 0 aromatic heterocycles. The zero-order valence-electron chi connectivity index (χ0n) is 21.5. The molecule has 4 rings (SSSR count). The molecule has 0 radical (unpaired) electrons. The number of esters is 1. The van der Waals surface area contributed by atoms with Crippen LogP contribution in [-0.4, -0.2) is 50.2 Å². The van der Waals surface area contributed by atoms with Gasteiger partial charge in [-0.2, -0.15) is 0 Å². The van der Waals surface area contributed by atoms with E-state index in [1.165, 1.54) is 11.8 Å². The highest BCUT2D eigenvalue weighted by atomic mass is 19.1. The zero-order chi connectivity index (χ0) is 25.4. The third-order valence-corrected chi connectivity index (χ3v) is 7.19. The molecular weight excluding hydrogens is 451 g/mol. The van der Waals surface area contributed by atoms with Crippen molar-refractivity contribution in [2.24, 2.45) is 0 Å². The summed E-state index contributed by atoms with van der Waals surface area (Å²) in [6, 6.07) is 25.1. The molecule has 0 saturated carbocycles. The van der Waals surface area contributed by atoms with Gasteiger partial charge in [-0.25, -0.2) is 4.39 Å². The molecular formula is C31H37FN2O2. The Balaban J connectivity index is 1.32. The summed E-state index contributed by atoms with van der Waals surface area (Å²) in [4.78, 5) is 17.9. The fraction of sp³-hybridized carbons (Fsp3) is 0.387. The van der Waals surface area contributed by atoms with Crippen molar-refractivity contribution in [3.05, 3.63) is 90.2 Å². The van der Waals surface area contributed by atoms with E-state index in [-0.39, 0.29) is 11.8 Å². The lowest BCUT2D eigenvalue weighted by Crippen LogP contribution is -2.47. The molecule has 3 aromatic rings. The van der Waals surface area contributed by atoms with Gasteiger partial charge in [-0.3, -0.25) is 9.69 Å². The number of anilines is 1. The van der Waals surface area contributed by atoms with Crippen molar-refractivity contribution in [1.82, 2.24) is 4.90 Å².